The first-order valence-corrected chi connectivity index (χ1v) is 6.74. The predicted octanol–water partition coefficient (Wildman–Crippen LogP) is 4.49. The van der Waals surface area contributed by atoms with Gasteiger partial charge in [0, 0.05) is 9.79 Å². The number of benzene rings is 2. The average molecular weight is 238 g/mol. The SMILES string of the molecule is C1=CCc2c(cccc2Sc2ccccc2)C1. The summed E-state index contributed by atoms with van der Waals surface area (Å²) in [5.41, 5.74) is 2.98. The zero-order valence-electron chi connectivity index (χ0n) is 9.60. The van der Waals surface area contributed by atoms with Gasteiger partial charge in [-0.1, -0.05) is 54.2 Å². The number of rotatable bonds is 2. The highest BCUT2D eigenvalue weighted by atomic mass is 32.2. The third kappa shape index (κ3) is 2.29. The van der Waals surface area contributed by atoms with Gasteiger partial charge in [0.25, 0.3) is 0 Å². The van der Waals surface area contributed by atoms with Crippen molar-refractivity contribution in [2.45, 2.75) is 22.6 Å². The minimum atomic E-state index is 1.07. The third-order valence-electron chi connectivity index (χ3n) is 3.03. The fraction of sp³-hybridized carbons (Fsp3) is 0.125. The quantitative estimate of drug-likeness (QED) is 0.694. The highest BCUT2D eigenvalue weighted by Gasteiger charge is 2.10. The molecular weight excluding hydrogens is 224 g/mol. The van der Waals surface area contributed by atoms with Crippen LogP contribution in [-0.2, 0) is 12.8 Å². The molecule has 0 N–H and O–H groups in total. The van der Waals surface area contributed by atoms with Crippen LogP contribution in [0.25, 0.3) is 0 Å². The molecule has 0 bridgehead atoms. The lowest BCUT2D eigenvalue weighted by atomic mass is 9.97. The van der Waals surface area contributed by atoms with E-state index in [1.165, 1.54) is 20.9 Å². The Morgan fingerprint density at radius 1 is 0.765 bits per heavy atom. The van der Waals surface area contributed by atoms with Gasteiger partial charge >= 0.3 is 0 Å². The molecule has 0 heterocycles. The molecule has 1 aliphatic carbocycles. The Bertz CT molecular complexity index is 541. The van der Waals surface area contributed by atoms with E-state index in [9.17, 15) is 0 Å². The zero-order valence-corrected chi connectivity index (χ0v) is 10.4. The van der Waals surface area contributed by atoms with Crippen molar-refractivity contribution >= 4 is 11.8 Å². The van der Waals surface area contributed by atoms with E-state index in [4.69, 9.17) is 0 Å². The molecule has 3 rings (SSSR count). The van der Waals surface area contributed by atoms with E-state index in [-0.39, 0.29) is 0 Å². The predicted molar refractivity (Wildman–Crippen MR) is 73.6 cm³/mol. The van der Waals surface area contributed by atoms with Gasteiger partial charge in [0.05, 0.1) is 0 Å². The first kappa shape index (κ1) is 10.7. The summed E-state index contributed by atoms with van der Waals surface area (Å²) in [6, 6.07) is 17.2. The minimum absolute atomic E-state index is 1.07. The topological polar surface area (TPSA) is 0 Å². The van der Waals surface area contributed by atoms with E-state index < -0.39 is 0 Å². The zero-order chi connectivity index (χ0) is 11.5. The molecule has 1 heteroatoms. The number of hydrogen-bond donors (Lipinski definition) is 0. The van der Waals surface area contributed by atoms with Gasteiger partial charge in [-0.25, -0.2) is 0 Å². The molecule has 0 fully saturated rings. The molecule has 1 aliphatic rings. The molecule has 0 saturated carbocycles. The largest absolute Gasteiger partial charge is 0.0898 e. The molecule has 0 saturated heterocycles. The van der Waals surface area contributed by atoms with Gasteiger partial charge in [-0.2, -0.15) is 0 Å². The summed E-state index contributed by atoms with van der Waals surface area (Å²) >= 11 is 1.87. The lowest BCUT2D eigenvalue weighted by molar-refractivity contribution is 1.04. The molecule has 0 nitrogen and oxygen atoms in total. The molecular formula is C16H14S. The molecule has 0 amide bonds. The van der Waals surface area contributed by atoms with Gasteiger partial charge in [-0.05, 0) is 42.2 Å². The Labute approximate surface area is 106 Å². The second-order valence-electron chi connectivity index (χ2n) is 4.19. The van der Waals surface area contributed by atoms with E-state index in [1.807, 2.05) is 11.8 Å². The van der Waals surface area contributed by atoms with Gasteiger partial charge in [-0.3, -0.25) is 0 Å². The monoisotopic (exact) mass is 238 g/mol. The Balaban J connectivity index is 1.94. The average Bonchev–Trinajstić information content (AvgIpc) is 2.40. The molecule has 0 atom stereocenters. The number of fused-ring (bicyclic) bond motifs is 1. The Hall–Kier alpha value is -1.47. The van der Waals surface area contributed by atoms with Crippen LogP contribution in [0.2, 0.25) is 0 Å². The fourth-order valence-corrected chi connectivity index (χ4v) is 3.19. The lowest BCUT2D eigenvalue weighted by Gasteiger charge is -2.15. The first-order valence-electron chi connectivity index (χ1n) is 5.92. The van der Waals surface area contributed by atoms with Gasteiger partial charge in [0.1, 0.15) is 0 Å². The minimum Gasteiger partial charge on any atom is -0.0898 e. The van der Waals surface area contributed by atoms with E-state index >= 15 is 0 Å². The van der Waals surface area contributed by atoms with Crippen LogP contribution in [0.1, 0.15) is 11.1 Å². The molecule has 0 unspecified atom stereocenters. The van der Waals surface area contributed by atoms with E-state index in [0.29, 0.717) is 0 Å². The molecule has 17 heavy (non-hydrogen) atoms. The summed E-state index contributed by atoms with van der Waals surface area (Å²) in [5.74, 6) is 0. The molecule has 2 aromatic carbocycles. The summed E-state index contributed by atoms with van der Waals surface area (Å²) < 4.78 is 0. The number of hydrogen-bond acceptors (Lipinski definition) is 1. The first-order chi connectivity index (χ1) is 8.43. The Morgan fingerprint density at radius 3 is 2.47 bits per heavy atom. The summed E-state index contributed by atoms with van der Waals surface area (Å²) in [6.45, 7) is 0. The summed E-state index contributed by atoms with van der Waals surface area (Å²) in [5, 5.41) is 0. The van der Waals surface area contributed by atoms with Gasteiger partial charge in [-0.15, -0.1) is 0 Å². The van der Waals surface area contributed by atoms with Crippen LogP contribution in [-0.4, -0.2) is 0 Å². The molecule has 0 spiro atoms. The van der Waals surface area contributed by atoms with Crippen LogP contribution in [0.5, 0.6) is 0 Å². The van der Waals surface area contributed by atoms with E-state index in [2.05, 4.69) is 60.7 Å². The normalized spacial score (nSPS) is 13.4. The molecule has 2 aromatic rings. The summed E-state index contributed by atoms with van der Waals surface area (Å²) in [6.07, 6.45) is 6.69. The van der Waals surface area contributed by atoms with Crippen LogP contribution < -0.4 is 0 Å². The second-order valence-corrected chi connectivity index (χ2v) is 5.30. The second kappa shape index (κ2) is 4.80. The van der Waals surface area contributed by atoms with E-state index in [0.717, 1.165) is 12.8 Å². The summed E-state index contributed by atoms with van der Waals surface area (Å²) in [7, 11) is 0. The van der Waals surface area contributed by atoms with Crippen molar-refractivity contribution in [1.82, 2.24) is 0 Å². The van der Waals surface area contributed by atoms with E-state index in [1.54, 1.807) is 0 Å². The van der Waals surface area contributed by atoms with Crippen molar-refractivity contribution in [3.05, 3.63) is 71.8 Å². The van der Waals surface area contributed by atoms with Crippen LogP contribution in [0, 0.1) is 0 Å². The van der Waals surface area contributed by atoms with Crippen molar-refractivity contribution < 1.29 is 0 Å². The maximum Gasteiger partial charge on any atom is 0.0160 e. The van der Waals surface area contributed by atoms with Crippen LogP contribution in [0.4, 0.5) is 0 Å². The van der Waals surface area contributed by atoms with Crippen molar-refractivity contribution in [3.8, 4) is 0 Å². The fourth-order valence-electron chi connectivity index (χ4n) is 2.16. The molecule has 0 radical (unpaired) electrons. The van der Waals surface area contributed by atoms with Crippen molar-refractivity contribution in [3.63, 3.8) is 0 Å². The van der Waals surface area contributed by atoms with Crippen molar-refractivity contribution in [2.24, 2.45) is 0 Å². The molecule has 0 aliphatic heterocycles. The van der Waals surface area contributed by atoms with Crippen molar-refractivity contribution in [1.29, 1.82) is 0 Å². The highest BCUT2D eigenvalue weighted by molar-refractivity contribution is 7.99. The standard InChI is InChI=1S/C16H14S/c1-2-9-14(10-3-1)17-16-12-6-8-13-7-4-5-11-15(13)16/h1-6,8-10,12H,7,11H2. The molecule has 84 valence electrons. The highest BCUT2D eigenvalue weighted by Crippen LogP contribution is 2.33. The third-order valence-corrected chi connectivity index (χ3v) is 4.14. The maximum atomic E-state index is 2.28. The number of allylic oxidation sites excluding steroid dienone is 2. The van der Waals surface area contributed by atoms with Gasteiger partial charge in [0.15, 0.2) is 0 Å². The van der Waals surface area contributed by atoms with Crippen LogP contribution >= 0.6 is 11.8 Å². The lowest BCUT2D eigenvalue weighted by Crippen LogP contribution is -1.98. The van der Waals surface area contributed by atoms with Gasteiger partial charge in [0.2, 0.25) is 0 Å². The van der Waals surface area contributed by atoms with Crippen LogP contribution in [0.3, 0.4) is 0 Å². The van der Waals surface area contributed by atoms with Crippen LogP contribution in [0.15, 0.2) is 70.5 Å². The van der Waals surface area contributed by atoms with Gasteiger partial charge < -0.3 is 0 Å². The maximum absolute atomic E-state index is 2.28. The Morgan fingerprint density at radius 2 is 1.59 bits per heavy atom. The van der Waals surface area contributed by atoms with Crippen molar-refractivity contribution in [2.75, 3.05) is 0 Å². The molecule has 0 aromatic heterocycles. The smallest absolute Gasteiger partial charge is 0.0160 e. The summed E-state index contributed by atoms with van der Waals surface area (Å²) in [4.78, 5) is 2.72. The Kier molecular flexibility index (Phi) is 3.02.